The lowest BCUT2D eigenvalue weighted by molar-refractivity contribution is -0.104. The van der Waals surface area contributed by atoms with Crippen LogP contribution in [0.25, 0.3) is 0 Å². The number of rotatable bonds is 5. The standard InChI is InChI=1S/C14H12O.C9H10FNO.C2H6/c15-11-14-8-6-13(7-9-14)10-12-4-2-1-3-5-12;1-11-9-3-2-7(6-12)4-8(10)5-9;1-2/h1-9,11H,10H2;2-4,6,11H,5H2,1H3;1-2H3. The van der Waals surface area contributed by atoms with E-state index in [0.717, 1.165) is 24.0 Å². The summed E-state index contributed by atoms with van der Waals surface area (Å²) in [5, 5.41) is 2.84. The first kappa shape index (κ1) is 23.8. The third-order valence-corrected chi connectivity index (χ3v) is 3.98. The van der Waals surface area contributed by atoms with E-state index < -0.39 is 0 Å². The molecule has 1 N–H and O–H groups in total. The number of hydrogen-bond donors (Lipinski definition) is 1. The van der Waals surface area contributed by atoms with Gasteiger partial charge in [0.15, 0.2) is 0 Å². The Kier molecular flexibility index (Phi) is 11.3. The van der Waals surface area contributed by atoms with Crippen LogP contribution in [0.3, 0.4) is 0 Å². The number of aldehydes is 2. The van der Waals surface area contributed by atoms with Crippen molar-refractivity contribution in [2.24, 2.45) is 0 Å². The van der Waals surface area contributed by atoms with Gasteiger partial charge in [-0.1, -0.05) is 68.4 Å². The fraction of sp³-hybridized carbons (Fsp3) is 0.200. The summed E-state index contributed by atoms with van der Waals surface area (Å²) < 4.78 is 12.9. The zero-order valence-electron chi connectivity index (χ0n) is 17.2. The van der Waals surface area contributed by atoms with Crippen LogP contribution < -0.4 is 5.32 Å². The van der Waals surface area contributed by atoms with Crippen LogP contribution in [0, 0.1) is 0 Å². The first-order chi connectivity index (χ1) is 14.1. The Morgan fingerprint density at radius 2 is 1.52 bits per heavy atom. The molecule has 0 fully saturated rings. The first-order valence-corrected chi connectivity index (χ1v) is 9.62. The minimum atomic E-state index is -0.300. The van der Waals surface area contributed by atoms with Gasteiger partial charge in [0.1, 0.15) is 18.4 Å². The molecule has 29 heavy (non-hydrogen) atoms. The van der Waals surface area contributed by atoms with Crippen molar-refractivity contribution in [3.05, 3.63) is 107 Å². The molecule has 0 bridgehead atoms. The molecule has 3 nitrogen and oxygen atoms in total. The summed E-state index contributed by atoms with van der Waals surface area (Å²) in [4.78, 5) is 20.8. The molecule has 0 unspecified atom stereocenters. The topological polar surface area (TPSA) is 46.2 Å². The zero-order chi connectivity index (χ0) is 21.5. The van der Waals surface area contributed by atoms with Crippen LogP contribution >= 0.6 is 0 Å². The predicted molar refractivity (Wildman–Crippen MR) is 118 cm³/mol. The summed E-state index contributed by atoms with van der Waals surface area (Å²) in [5.41, 5.74) is 4.37. The van der Waals surface area contributed by atoms with Gasteiger partial charge in [-0.2, -0.15) is 0 Å². The maximum absolute atomic E-state index is 12.9. The smallest absolute Gasteiger partial charge is 0.150 e. The highest BCUT2D eigenvalue weighted by molar-refractivity contribution is 5.78. The van der Waals surface area contributed by atoms with E-state index in [-0.39, 0.29) is 12.2 Å². The summed E-state index contributed by atoms with van der Waals surface area (Å²) in [7, 11) is 1.72. The van der Waals surface area contributed by atoms with Crippen LogP contribution in [-0.2, 0) is 11.2 Å². The van der Waals surface area contributed by atoms with Crippen LogP contribution in [0.5, 0.6) is 0 Å². The van der Waals surface area contributed by atoms with E-state index in [9.17, 15) is 14.0 Å². The van der Waals surface area contributed by atoms with Crippen molar-refractivity contribution in [1.82, 2.24) is 5.32 Å². The molecule has 0 atom stereocenters. The fourth-order valence-electron chi connectivity index (χ4n) is 2.51. The minimum absolute atomic E-state index is 0.227. The predicted octanol–water partition coefficient (Wildman–Crippen LogP) is 5.59. The first-order valence-electron chi connectivity index (χ1n) is 9.62. The van der Waals surface area contributed by atoms with Crippen LogP contribution in [0.4, 0.5) is 4.39 Å². The molecule has 0 radical (unpaired) electrons. The molecule has 0 saturated carbocycles. The SMILES string of the molecule is CC.CNC1=CC=C(C=O)C=C(F)C1.O=Cc1ccc(Cc2ccccc2)cc1. The van der Waals surface area contributed by atoms with Crippen molar-refractivity contribution in [2.75, 3.05) is 7.05 Å². The van der Waals surface area contributed by atoms with Gasteiger partial charge in [-0.3, -0.25) is 9.59 Å². The summed E-state index contributed by atoms with van der Waals surface area (Å²) in [6.07, 6.45) is 7.18. The molecule has 152 valence electrons. The van der Waals surface area contributed by atoms with E-state index in [1.165, 1.54) is 17.2 Å². The summed E-state index contributed by atoms with van der Waals surface area (Å²) in [5.74, 6) is -0.300. The quantitative estimate of drug-likeness (QED) is 0.674. The summed E-state index contributed by atoms with van der Waals surface area (Å²) >= 11 is 0. The molecule has 0 saturated heterocycles. The molecular formula is C25H28FNO2. The maximum atomic E-state index is 12.9. The molecule has 0 aliphatic heterocycles. The molecule has 1 aliphatic carbocycles. The Balaban J connectivity index is 0.000000273. The van der Waals surface area contributed by atoms with Gasteiger partial charge in [0.2, 0.25) is 0 Å². The van der Waals surface area contributed by atoms with Gasteiger partial charge in [-0.25, -0.2) is 4.39 Å². The Hall–Kier alpha value is -3.27. The van der Waals surface area contributed by atoms with Crippen molar-refractivity contribution < 1.29 is 14.0 Å². The molecule has 0 spiro atoms. The monoisotopic (exact) mass is 393 g/mol. The fourth-order valence-corrected chi connectivity index (χ4v) is 2.51. The van der Waals surface area contributed by atoms with E-state index in [0.29, 0.717) is 11.9 Å². The zero-order valence-corrected chi connectivity index (χ0v) is 17.2. The highest BCUT2D eigenvalue weighted by Gasteiger charge is 2.04. The van der Waals surface area contributed by atoms with Gasteiger partial charge >= 0.3 is 0 Å². The molecule has 0 amide bonds. The Bertz CT molecular complexity index is 850. The number of carbonyl (C=O) groups excluding carboxylic acids is 2. The van der Waals surface area contributed by atoms with Crippen molar-refractivity contribution in [3.63, 3.8) is 0 Å². The lowest BCUT2D eigenvalue weighted by atomic mass is 10.0. The molecule has 4 heteroatoms. The Morgan fingerprint density at radius 1 is 0.897 bits per heavy atom. The second kappa shape index (κ2) is 13.8. The Morgan fingerprint density at radius 3 is 2.07 bits per heavy atom. The molecule has 2 aromatic rings. The van der Waals surface area contributed by atoms with Crippen LogP contribution in [0.2, 0.25) is 0 Å². The van der Waals surface area contributed by atoms with Crippen LogP contribution in [0.1, 0.15) is 41.8 Å². The van der Waals surface area contributed by atoms with Crippen molar-refractivity contribution in [2.45, 2.75) is 26.7 Å². The summed E-state index contributed by atoms with van der Waals surface area (Å²) in [6, 6.07) is 18.0. The van der Waals surface area contributed by atoms with Crippen LogP contribution in [-0.4, -0.2) is 19.6 Å². The number of hydrogen-bond acceptors (Lipinski definition) is 3. The third kappa shape index (κ3) is 8.98. The van der Waals surface area contributed by atoms with Gasteiger partial charge in [-0.15, -0.1) is 0 Å². The van der Waals surface area contributed by atoms with E-state index >= 15 is 0 Å². The van der Waals surface area contributed by atoms with E-state index in [1.54, 1.807) is 19.2 Å². The van der Waals surface area contributed by atoms with Crippen molar-refractivity contribution in [3.8, 4) is 0 Å². The van der Waals surface area contributed by atoms with Gasteiger partial charge in [0.25, 0.3) is 0 Å². The van der Waals surface area contributed by atoms with E-state index in [2.05, 4.69) is 17.4 Å². The molecule has 3 rings (SSSR count). The van der Waals surface area contributed by atoms with Gasteiger partial charge < -0.3 is 5.32 Å². The highest BCUT2D eigenvalue weighted by atomic mass is 19.1. The number of benzene rings is 2. The lowest BCUT2D eigenvalue weighted by Crippen LogP contribution is -2.04. The molecular weight excluding hydrogens is 365 g/mol. The van der Waals surface area contributed by atoms with Gasteiger partial charge in [0, 0.05) is 30.3 Å². The number of nitrogens with one attached hydrogen (secondary N) is 1. The van der Waals surface area contributed by atoms with Crippen molar-refractivity contribution in [1.29, 1.82) is 0 Å². The second-order valence-corrected chi connectivity index (χ2v) is 6.02. The number of allylic oxidation sites excluding steroid dienone is 5. The lowest BCUT2D eigenvalue weighted by Gasteiger charge is -2.01. The van der Waals surface area contributed by atoms with Crippen molar-refractivity contribution >= 4 is 12.6 Å². The Labute approximate surface area is 172 Å². The average Bonchev–Trinajstić information content (AvgIpc) is 2.97. The minimum Gasteiger partial charge on any atom is -0.391 e. The van der Waals surface area contributed by atoms with Gasteiger partial charge in [0.05, 0.1) is 0 Å². The second-order valence-electron chi connectivity index (χ2n) is 6.02. The van der Waals surface area contributed by atoms with Gasteiger partial charge in [-0.05, 0) is 35.8 Å². The number of carbonyl (C=O) groups is 2. The average molecular weight is 394 g/mol. The molecule has 2 aromatic carbocycles. The maximum Gasteiger partial charge on any atom is 0.150 e. The highest BCUT2D eigenvalue weighted by Crippen LogP contribution is 2.16. The van der Waals surface area contributed by atoms with E-state index in [1.807, 2.05) is 56.3 Å². The molecule has 0 heterocycles. The number of halogens is 1. The van der Waals surface area contributed by atoms with Crippen LogP contribution in [0.15, 0.2) is 89.9 Å². The summed E-state index contributed by atoms with van der Waals surface area (Å²) in [6.45, 7) is 4.00. The van der Waals surface area contributed by atoms with E-state index in [4.69, 9.17) is 0 Å². The molecule has 1 aliphatic rings. The normalized spacial score (nSPS) is 12.3. The third-order valence-electron chi connectivity index (χ3n) is 3.98. The largest absolute Gasteiger partial charge is 0.391 e. The molecule has 0 aromatic heterocycles.